The first-order chi connectivity index (χ1) is 19.1. The Morgan fingerprint density at radius 1 is 1.05 bits per heavy atom. The van der Waals surface area contributed by atoms with Gasteiger partial charge in [0.1, 0.15) is 23.9 Å². The van der Waals surface area contributed by atoms with Crippen LogP contribution in [0.5, 0.6) is 5.75 Å². The highest BCUT2D eigenvalue weighted by atomic mass is 32.1. The molecule has 9 heteroatoms. The molecule has 5 rings (SSSR count). The maximum atomic E-state index is 13.8. The molecule has 3 aromatic carbocycles. The van der Waals surface area contributed by atoms with E-state index in [0.717, 1.165) is 27.4 Å². The molecule has 202 valence electrons. The predicted molar refractivity (Wildman–Crippen MR) is 150 cm³/mol. The molecule has 1 atom stereocenters. The molecule has 1 fully saturated rings. The number of hydrogen-bond donors (Lipinski definition) is 1. The van der Waals surface area contributed by atoms with Crippen molar-refractivity contribution in [2.45, 2.75) is 33.4 Å². The Kier molecular flexibility index (Phi) is 7.32. The summed E-state index contributed by atoms with van der Waals surface area (Å²) in [7, 11) is 0. The van der Waals surface area contributed by atoms with Crippen LogP contribution < -0.4 is 9.64 Å². The molecule has 0 saturated carbocycles. The van der Waals surface area contributed by atoms with Crippen LogP contribution in [-0.2, 0) is 16.2 Å². The quantitative estimate of drug-likeness (QED) is 0.124. The molecule has 2 heterocycles. The number of aryl methyl sites for hydroxylation is 2. The number of carbonyl (C=O) groups is 3. The minimum absolute atomic E-state index is 0.137. The van der Waals surface area contributed by atoms with Crippen molar-refractivity contribution in [3.63, 3.8) is 0 Å². The number of thiazole rings is 1. The lowest BCUT2D eigenvalue weighted by molar-refractivity contribution is -0.132. The van der Waals surface area contributed by atoms with E-state index in [1.54, 1.807) is 31.2 Å². The molecule has 7 nitrogen and oxygen atoms in total. The Labute approximate surface area is 234 Å². The molecule has 0 bridgehead atoms. The van der Waals surface area contributed by atoms with Gasteiger partial charge in [0.15, 0.2) is 10.9 Å². The minimum Gasteiger partial charge on any atom is -0.507 e. The second-order valence-electron chi connectivity index (χ2n) is 9.49. The fourth-order valence-corrected chi connectivity index (χ4v) is 5.62. The number of nitrogens with zero attached hydrogens (tertiary/aromatic N) is 2. The van der Waals surface area contributed by atoms with E-state index in [0.29, 0.717) is 34.1 Å². The lowest BCUT2D eigenvalue weighted by Crippen LogP contribution is -2.29. The highest BCUT2D eigenvalue weighted by Gasteiger charge is 2.48. The minimum atomic E-state index is -1.08. The molecule has 4 aromatic rings. The number of ether oxygens (including phenoxy) is 1. The van der Waals surface area contributed by atoms with Gasteiger partial charge in [-0.05, 0) is 61.4 Å². The van der Waals surface area contributed by atoms with Crippen LogP contribution in [0.1, 0.15) is 50.6 Å². The number of aromatic nitrogens is 1. The number of amides is 1. The summed E-state index contributed by atoms with van der Waals surface area (Å²) in [6.07, 6.45) is 0. The van der Waals surface area contributed by atoms with Crippen molar-refractivity contribution in [2.24, 2.45) is 0 Å². The normalized spacial score (nSPS) is 16.4. The van der Waals surface area contributed by atoms with Gasteiger partial charge in [0.25, 0.3) is 5.78 Å². The van der Waals surface area contributed by atoms with Crippen molar-refractivity contribution in [1.29, 1.82) is 0 Å². The predicted octanol–water partition coefficient (Wildman–Crippen LogP) is 6.31. The van der Waals surface area contributed by atoms with E-state index in [-0.39, 0.29) is 22.2 Å². The van der Waals surface area contributed by atoms with Crippen LogP contribution in [0.2, 0.25) is 0 Å². The fourth-order valence-electron chi connectivity index (χ4n) is 4.64. The van der Waals surface area contributed by atoms with Crippen LogP contribution in [0.15, 0.2) is 78.4 Å². The standard InChI is InChI=1S/C31H25FN2O5S/c1-17-5-4-6-20(15-17)16-39-24-13-9-22(10-14-24)27(36)25-26(21-7-11-23(32)12-8-21)34(30(38)28(25)37)31-33-18(2)29(40-31)19(3)35/h4-15,26,36H,16H2,1-3H3/t26-/m1/s1. The van der Waals surface area contributed by atoms with Crippen molar-refractivity contribution in [1.82, 2.24) is 4.98 Å². The molecule has 1 N–H and O–H groups in total. The van der Waals surface area contributed by atoms with Crippen molar-refractivity contribution < 1.29 is 28.6 Å². The number of rotatable bonds is 7. The summed E-state index contributed by atoms with van der Waals surface area (Å²) < 4.78 is 19.6. The summed E-state index contributed by atoms with van der Waals surface area (Å²) >= 11 is 0.986. The molecule has 0 aliphatic carbocycles. The first kappa shape index (κ1) is 27.0. The zero-order valence-electron chi connectivity index (χ0n) is 22.0. The lowest BCUT2D eigenvalue weighted by Gasteiger charge is -2.23. The Balaban J connectivity index is 1.52. The van der Waals surface area contributed by atoms with Gasteiger partial charge in [-0.2, -0.15) is 0 Å². The highest BCUT2D eigenvalue weighted by Crippen LogP contribution is 2.44. The van der Waals surface area contributed by atoms with Crippen LogP contribution in [-0.4, -0.2) is 27.6 Å². The van der Waals surface area contributed by atoms with Gasteiger partial charge in [-0.25, -0.2) is 9.37 Å². The second-order valence-corrected chi connectivity index (χ2v) is 10.5. The Hall–Kier alpha value is -4.63. The number of aliphatic hydroxyl groups excluding tert-OH is 1. The Morgan fingerprint density at radius 2 is 1.75 bits per heavy atom. The molecule has 1 aliphatic heterocycles. The van der Waals surface area contributed by atoms with Gasteiger partial charge in [0.05, 0.1) is 22.2 Å². The van der Waals surface area contributed by atoms with E-state index >= 15 is 0 Å². The van der Waals surface area contributed by atoms with Gasteiger partial charge in [-0.1, -0.05) is 53.3 Å². The topological polar surface area (TPSA) is 96.8 Å². The maximum Gasteiger partial charge on any atom is 0.301 e. The first-order valence-electron chi connectivity index (χ1n) is 12.5. The van der Waals surface area contributed by atoms with Gasteiger partial charge in [-0.3, -0.25) is 19.3 Å². The fraction of sp³-hybridized carbons (Fsp3) is 0.161. The number of benzene rings is 3. The monoisotopic (exact) mass is 556 g/mol. The van der Waals surface area contributed by atoms with Gasteiger partial charge < -0.3 is 9.84 Å². The number of halogens is 1. The van der Waals surface area contributed by atoms with Gasteiger partial charge in [0, 0.05) is 12.5 Å². The summed E-state index contributed by atoms with van der Waals surface area (Å²) in [5.74, 6) is -2.36. The van der Waals surface area contributed by atoms with Crippen LogP contribution in [0.25, 0.3) is 5.76 Å². The average molecular weight is 557 g/mol. The summed E-state index contributed by atoms with van der Waals surface area (Å²) in [5, 5.41) is 11.5. The molecule has 0 radical (unpaired) electrons. The van der Waals surface area contributed by atoms with E-state index in [1.165, 1.54) is 31.2 Å². The average Bonchev–Trinajstić information content (AvgIpc) is 3.44. The highest BCUT2D eigenvalue weighted by molar-refractivity contribution is 7.18. The molecular weight excluding hydrogens is 531 g/mol. The molecule has 1 saturated heterocycles. The molecule has 1 amide bonds. The summed E-state index contributed by atoms with van der Waals surface area (Å²) in [6.45, 7) is 5.40. The third-order valence-electron chi connectivity index (χ3n) is 6.56. The van der Waals surface area contributed by atoms with Gasteiger partial charge >= 0.3 is 5.91 Å². The van der Waals surface area contributed by atoms with Crippen LogP contribution in [0.3, 0.4) is 0 Å². The smallest absolute Gasteiger partial charge is 0.301 e. The molecule has 40 heavy (non-hydrogen) atoms. The second kappa shape index (κ2) is 10.9. The van der Waals surface area contributed by atoms with E-state index in [4.69, 9.17) is 4.74 Å². The van der Waals surface area contributed by atoms with E-state index in [2.05, 4.69) is 4.98 Å². The van der Waals surface area contributed by atoms with E-state index in [9.17, 15) is 23.9 Å². The number of aliphatic hydroxyl groups is 1. The van der Waals surface area contributed by atoms with Gasteiger partial charge in [0.2, 0.25) is 0 Å². The third kappa shape index (κ3) is 5.15. The summed E-state index contributed by atoms with van der Waals surface area (Å²) in [4.78, 5) is 44.6. The number of anilines is 1. The Morgan fingerprint density at radius 3 is 2.38 bits per heavy atom. The summed E-state index contributed by atoms with van der Waals surface area (Å²) in [5.41, 5.74) is 3.09. The van der Waals surface area contributed by atoms with Gasteiger partial charge in [-0.15, -0.1) is 0 Å². The van der Waals surface area contributed by atoms with Crippen LogP contribution >= 0.6 is 11.3 Å². The molecular formula is C31H25FN2O5S. The Bertz CT molecular complexity index is 1660. The van der Waals surface area contributed by atoms with Crippen LogP contribution in [0, 0.1) is 19.7 Å². The molecule has 0 spiro atoms. The molecule has 1 aliphatic rings. The zero-order chi connectivity index (χ0) is 28.6. The van der Waals surface area contributed by atoms with E-state index < -0.39 is 23.5 Å². The number of ketones is 2. The zero-order valence-corrected chi connectivity index (χ0v) is 22.8. The lowest BCUT2D eigenvalue weighted by atomic mass is 9.95. The van der Waals surface area contributed by atoms with E-state index in [1.807, 2.05) is 31.2 Å². The molecule has 1 aromatic heterocycles. The van der Waals surface area contributed by atoms with Crippen LogP contribution in [0.4, 0.5) is 9.52 Å². The maximum absolute atomic E-state index is 13.8. The van der Waals surface area contributed by atoms with Crippen molar-refractivity contribution in [2.75, 3.05) is 4.90 Å². The van der Waals surface area contributed by atoms with Crippen molar-refractivity contribution in [3.05, 3.63) is 117 Å². The SMILES string of the molecule is CC(=O)c1sc(N2C(=O)C(=O)C(=C(O)c3ccc(OCc4cccc(C)c4)cc3)[C@H]2c2ccc(F)cc2)nc1C. The number of carbonyl (C=O) groups excluding carboxylic acids is 3. The third-order valence-corrected chi connectivity index (χ3v) is 7.81. The first-order valence-corrected chi connectivity index (χ1v) is 13.3. The largest absolute Gasteiger partial charge is 0.507 e. The number of hydrogen-bond acceptors (Lipinski definition) is 7. The van der Waals surface area contributed by atoms with Crippen molar-refractivity contribution >= 4 is 39.7 Å². The number of Topliss-reactive ketones (excluding diaryl/α,β-unsaturated/α-hetero) is 2. The summed E-state index contributed by atoms with van der Waals surface area (Å²) in [6, 6.07) is 18.7. The van der Waals surface area contributed by atoms with Crippen molar-refractivity contribution in [3.8, 4) is 5.75 Å². The molecule has 0 unspecified atom stereocenters.